The van der Waals surface area contributed by atoms with Gasteiger partial charge in [0.2, 0.25) is 5.13 Å². The molecule has 0 bridgehead atoms. The average Bonchev–Trinajstić information content (AvgIpc) is 2.69. The van der Waals surface area contributed by atoms with Crippen LogP contribution in [0, 0.1) is 18.8 Å². The van der Waals surface area contributed by atoms with Crippen LogP contribution < -0.4 is 5.32 Å². The molecule has 2 rings (SSSR count). The van der Waals surface area contributed by atoms with Crippen molar-refractivity contribution >= 4 is 16.7 Å². The van der Waals surface area contributed by atoms with Gasteiger partial charge in [0.05, 0.1) is 0 Å². The highest BCUT2D eigenvalue weighted by atomic mass is 32.1. The Morgan fingerprint density at radius 3 is 2.67 bits per heavy atom. The van der Waals surface area contributed by atoms with Crippen LogP contribution in [0.1, 0.15) is 32.5 Å². The molecule has 18 heavy (non-hydrogen) atoms. The maximum atomic E-state index is 4.30. The minimum absolute atomic E-state index is 0.854. The second kappa shape index (κ2) is 6.48. The van der Waals surface area contributed by atoms with Gasteiger partial charge in [-0.3, -0.25) is 0 Å². The normalized spacial score (nSPS) is 25.3. The van der Waals surface area contributed by atoms with E-state index in [1.165, 1.54) is 44.0 Å². The van der Waals surface area contributed by atoms with Crippen LogP contribution in [-0.4, -0.2) is 40.4 Å². The number of anilines is 1. The third-order valence-electron chi connectivity index (χ3n) is 3.40. The van der Waals surface area contributed by atoms with E-state index >= 15 is 0 Å². The lowest BCUT2D eigenvalue weighted by Gasteiger charge is -2.34. The molecule has 1 aliphatic heterocycles. The summed E-state index contributed by atoms with van der Waals surface area (Å²) in [6, 6.07) is 0. The zero-order valence-corrected chi connectivity index (χ0v) is 12.5. The fourth-order valence-corrected chi connectivity index (χ4v) is 3.44. The van der Waals surface area contributed by atoms with E-state index in [2.05, 4.69) is 33.4 Å². The highest BCUT2D eigenvalue weighted by molar-refractivity contribution is 7.09. The molecule has 2 unspecified atom stereocenters. The van der Waals surface area contributed by atoms with Crippen LogP contribution >= 0.6 is 11.5 Å². The fraction of sp³-hybridized carbons (Fsp3) is 0.846. The predicted molar refractivity (Wildman–Crippen MR) is 77.1 cm³/mol. The predicted octanol–water partition coefficient (Wildman–Crippen LogP) is 2.63. The molecule has 0 spiro atoms. The largest absolute Gasteiger partial charge is 0.360 e. The third-order valence-corrected chi connectivity index (χ3v) is 4.16. The Balaban J connectivity index is 1.63. The van der Waals surface area contributed by atoms with E-state index in [4.69, 9.17) is 0 Å². The smallest absolute Gasteiger partial charge is 0.202 e. The Morgan fingerprint density at radius 1 is 1.33 bits per heavy atom. The Morgan fingerprint density at radius 2 is 2.06 bits per heavy atom. The van der Waals surface area contributed by atoms with Crippen molar-refractivity contribution in [1.29, 1.82) is 0 Å². The first kappa shape index (κ1) is 13.7. The summed E-state index contributed by atoms with van der Waals surface area (Å²) in [4.78, 5) is 6.90. The van der Waals surface area contributed by atoms with Crippen molar-refractivity contribution < 1.29 is 0 Å². The summed E-state index contributed by atoms with van der Waals surface area (Å²) >= 11 is 1.45. The molecule has 0 amide bonds. The van der Waals surface area contributed by atoms with Gasteiger partial charge in [-0.25, -0.2) is 4.98 Å². The van der Waals surface area contributed by atoms with Gasteiger partial charge in [0.15, 0.2) is 0 Å². The second-order valence-electron chi connectivity index (χ2n) is 5.63. The summed E-state index contributed by atoms with van der Waals surface area (Å²) in [7, 11) is 0. The van der Waals surface area contributed by atoms with E-state index in [9.17, 15) is 0 Å². The van der Waals surface area contributed by atoms with Crippen molar-refractivity contribution in [2.75, 3.05) is 31.5 Å². The molecule has 1 aromatic rings. The van der Waals surface area contributed by atoms with Crippen molar-refractivity contribution in [2.45, 2.75) is 33.6 Å². The molecule has 5 heteroatoms. The van der Waals surface area contributed by atoms with Gasteiger partial charge in [-0.15, -0.1) is 0 Å². The lowest BCUT2D eigenvalue weighted by molar-refractivity contribution is 0.141. The van der Waals surface area contributed by atoms with E-state index in [0.29, 0.717) is 0 Å². The summed E-state index contributed by atoms with van der Waals surface area (Å²) in [5.74, 6) is 2.57. The minimum Gasteiger partial charge on any atom is -0.360 e. The first-order chi connectivity index (χ1) is 8.63. The second-order valence-corrected chi connectivity index (χ2v) is 6.38. The number of hydrogen-bond donors (Lipinski definition) is 1. The molecule has 0 saturated carbocycles. The zero-order valence-electron chi connectivity index (χ0n) is 11.6. The van der Waals surface area contributed by atoms with Gasteiger partial charge in [0.1, 0.15) is 5.82 Å². The molecule has 1 aliphatic rings. The molecular weight excluding hydrogens is 244 g/mol. The fourth-order valence-electron chi connectivity index (χ4n) is 2.84. The third kappa shape index (κ3) is 4.21. The van der Waals surface area contributed by atoms with Gasteiger partial charge >= 0.3 is 0 Å². The van der Waals surface area contributed by atoms with Crippen LogP contribution in [0.3, 0.4) is 0 Å². The summed E-state index contributed by atoms with van der Waals surface area (Å²) in [5, 5.41) is 4.30. The highest BCUT2D eigenvalue weighted by Gasteiger charge is 2.20. The van der Waals surface area contributed by atoms with Crippen LogP contribution in [-0.2, 0) is 0 Å². The van der Waals surface area contributed by atoms with Crippen molar-refractivity contribution in [3.8, 4) is 0 Å². The Labute approximate surface area is 114 Å². The Hall–Kier alpha value is -0.680. The number of likely N-dealkylation sites (tertiary alicyclic amines) is 1. The molecule has 1 aromatic heterocycles. The number of rotatable bonds is 5. The number of aromatic nitrogens is 2. The topological polar surface area (TPSA) is 41.1 Å². The quantitative estimate of drug-likeness (QED) is 0.834. The summed E-state index contributed by atoms with van der Waals surface area (Å²) in [6.07, 6.45) is 2.57. The summed E-state index contributed by atoms with van der Waals surface area (Å²) in [5.41, 5.74) is 0. The lowest BCUT2D eigenvalue weighted by atomic mass is 9.92. The number of hydrogen-bond acceptors (Lipinski definition) is 5. The van der Waals surface area contributed by atoms with Crippen LogP contribution in [0.15, 0.2) is 0 Å². The van der Waals surface area contributed by atoms with E-state index in [0.717, 1.165) is 29.3 Å². The van der Waals surface area contributed by atoms with E-state index < -0.39 is 0 Å². The number of piperidine rings is 1. The van der Waals surface area contributed by atoms with Crippen molar-refractivity contribution in [3.63, 3.8) is 0 Å². The van der Waals surface area contributed by atoms with Crippen molar-refractivity contribution in [2.24, 2.45) is 11.8 Å². The van der Waals surface area contributed by atoms with Crippen LogP contribution in [0.5, 0.6) is 0 Å². The van der Waals surface area contributed by atoms with Gasteiger partial charge in [0, 0.05) is 31.2 Å². The first-order valence-corrected chi connectivity index (χ1v) is 7.67. The molecule has 1 N–H and O–H groups in total. The molecule has 4 nitrogen and oxygen atoms in total. The lowest BCUT2D eigenvalue weighted by Crippen LogP contribution is -2.39. The van der Waals surface area contributed by atoms with Gasteiger partial charge in [-0.1, -0.05) is 13.8 Å². The highest BCUT2D eigenvalue weighted by Crippen LogP contribution is 2.20. The Bertz CT molecular complexity index is 356. The first-order valence-electron chi connectivity index (χ1n) is 6.90. The van der Waals surface area contributed by atoms with Crippen molar-refractivity contribution in [3.05, 3.63) is 5.82 Å². The van der Waals surface area contributed by atoms with E-state index in [1.54, 1.807) is 0 Å². The van der Waals surface area contributed by atoms with Crippen LogP contribution in [0.2, 0.25) is 0 Å². The molecule has 2 atom stereocenters. The van der Waals surface area contributed by atoms with Gasteiger partial charge in [0.25, 0.3) is 0 Å². The number of aryl methyl sites for hydroxylation is 1. The van der Waals surface area contributed by atoms with Gasteiger partial charge in [-0.05, 0) is 38.1 Å². The SMILES string of the molecule is Cc1nsc(NCCCN2CC(C)CC(C)C2)n1. The van der Waals surface area contributed by atoms with Gasteiger partial charge in [-0.2, -0.15) is 4.37 Å². The molecule has 1 saturated heterocycles. The molecule has 2 heterocycles. The van der Waals surface area contributed by atoms with Crippen molar-refractivity contribution in [1.82, 2.24) is 14.3 Å². The number of nitrogens with zero attached hydrogens (tertiary/aromatic N) is 3. The zero-order chi connectivity index (χ0) is 13.0. The maximum absolute atomic E-state index is 4.30. The van der Waals surface area contributed by atoms with E-state index in [1.807, 2.05) is 6.92 Å². The molecule has 0 aromatic carbocycles. The molecule has 0 radical (unpaired) electrons. The Kier molecular flexibility index (Phi) is 4.95. The summed E-state index contributed by atoms with van der Waals surface area (Å²) in [6.45, 7) is 11.4. The monoisotopic (exact) mass is 268 g/mol. The summed E-state index contributed by atoms with van der Waals surface area (Å²) < 4.78 is 4.16. The van der Waals surface area contributed by atoms with Crippen LogP contribution in [0.25, 0.3) is 0 Å². The number of nitrogens with one attached hydrogen (secondary N) is 1. The van der Waals surface area contributed by atoms with Gasteiger partial charge < -0.3 is 10.2 Å². The van der Waals surface area contributed by atoms with E-state index in [-0.39, 0.29) is 0 Å². The molecule has 0 aliphatic carbocycles. The van der Waals surface area contributed by atoms with Crippen LogP contribution in [0.4, 0.5) is 5.13 Å². The minimum atomic E-state index is 0.854. The molecule has 102 valence electrons. The molecular formula is C13H24N4S. The standard InChI is InChI=1S/C13H24N4S/c1-10-7-11(2)9-17(8-10)6-4-5-14-13-15-12(3)16-18-13/h10-11H,4-9H2,1-3H3,(H,14,15,16). The average molecular weight is 268 g/mol. The molecule has 1 fully saturated rings. The maximum Gasteiger partial charge on any atom is 0.202 e.